The minimum atomic E-state index is -0.538. The quantitative estimate of drug-likeness (QED) is 0.653. The van der Waals surface area contributed by atoms with Crippen LogP contribution in [-0.2, 0) is 0 Å². The Morgan fingerprint density at radius 1 is 1.29 bits per heavy atom. The number of thiazole rings is 1. The summed E-state index contributed by atoms with van der Waals surface area (Å²) in [6, 6.07) is 9.51. The zero-order valence-corrected chi connectivity index (χ0v) is 14.6. The third kappa shape index (κ3) is 4.05. The molecular weight excluding hydrogens is 348 g/mol. The number of aliphatic hydroxyl groups is 1. The van der Waals surface area contributed by atoms with Crippen molar-refractivity contribution in [2.75, 3.05) is 11.9 Å². The van der Waals surface area contributed by atoms with Crippen LogP contribution >= 0.6 is 23.7 Å². The van der Waals surface area contributed by atoms with Gasteiger partial charge in [-0.25, -0.2) is 15.0 Å². The van der Waals surface area contributed by atoms with E-state index in [0.717, 1.165) is 5.56 Å². The molecule has 0 saturated heterocycles. The maximum Gasteiger partial charge on any atom is 0.188 e. The van der Waals surface area contributed by atoms with Crippen LogP contribution in [0.1, 0.15) is 34.8 Å². The van der Waals surface area contributed by atoms with Gasteiger partial charge in [-0.2, -0.15) is 0 Å². The third-order valence-electron chi connectivity index (χ3n) is 3.39. The van der Waals surface area contributed by atoms with Crippen molar-refractivity contribution in [3.8, 4) is 0 Å². The zero-order chi connectivity index (χ0) is 16.2. The number of rotatable bonds is 6. The SMILES string of the molecule is CC(=O)c1nc2c(NCCC(O)c3ccccc3)ncnc2s1.Cl. The van der Waals surface area contributed by atoms with Crippen LogP contribution in [0.25, 0.3) is 10.3 Å². The number of nitrogens with one attached hydrogen (secondary N) is 1. The van der Waals surface area contributed by atoms with Crippen LogP contribution in [-0.4, -0.2) is 32.4 Å². The van der Waals surface area contributed by atoms with Gasteiger partial charge < -0.3 is 10.4 Å². The van der Waals surface area contributed by atoms with Crippen LogP contribution < -0.4 is 5.32 Å². The molecule has 126 valence electrons. The molecule has 3 aromatic rings. The molecule has 0 aliphatic carbocycles. The molecular formula is C16H17ClN4O2S. The Balaban J connectivity index is 0.00000208. The molecule has 1 atom stereocenters. The Kier molecular flexibility index (Phi) is 6.19. The van der Waals surface area contributed by atoms with Gasteiger partial charge >= 0.3 is 0 Å². The first-order valence-corrected chi connectivity index (χ1v) is 8.06. The summed E-state index contributed by atoms with van der Waals surface area (Å²) in [5, 5.41) is 13.7. The second-order valence-corrected chi connectivity index (χ2v) is 6.07. The van der Waals surface area contributed by atoms with Crippen LogP contribution in [0.4, 0.5) is 5.82 Å². The van der Waals surface area contributed by atoms with Gasteiger partial charge in [-0.15, -0.1) is 12.4 Å². The third-order valence-corrected chi connectivity index (χ3v) is 4.46. The maximum atomic E-state index is 11.4. The number of ketones is 1. The topological polar surface area (TPSA) is 88.0 Å². The fraction of sp³-hybridized carbons (Fsp3) is 0.250. The van der Waals surface area contributed by atoms with Gasteiger partial charge in [0.1, 0.15) is 16.7 Å². The van der Waals surface area contributed by atoms with Gasteiger partial charge in [-0.3, -0.25) is 4.79 Å². The molecule has 0 fully saturated rings. The first kappa shape index (κ1) is 18.3. The molecule has 0 aliphatic heterocycles. The lowest BCUT2D eigenvalue weighted by Gasteiger charge is -2.11. The molecule has 2 heterocycles. The number of Topliss-reactive ketones (excluding diaryl/α,β-unsaturated/α-hetero) is 1. The van der Waals surface area contributed by atoms with E-state index in [1.807, 2.05) is 30.3 Å². The minimum absolute atomic E-state index is 0. The summed E-state index contributed by atoms with van der Waals surface area (Å²) in [5.74, 6) is 0.498. The van der Waals surface area contributed by atoms with Crippen molar-refractivity contribution >= 4 is 45.7 Å². The number of hydrogen-bond acceptors (Lipinski definition) is 7. The number of anilines is 1. The molecule has 3 rings (SSSR count). The van der Waals surface area contributed by atoms with Crippen LogP contribution in [0.2, 0.25) is 0 Å². The summed E-state index contributed by atoms with van der Waals surface area (Å²) in [7, 11) is 0. The lowest BCUT2D eigenvalue weighted by Crippen LogP contribution is -2.09. The van der Waals surface area contributed by atoms with E-state index < -0.39 is 6.10 Å². The van der Waals surface area contributed by atoms with Crippen molar-refractivity contribution in [2.24, 2.45) is 0 Å². The highest BCUT2D eigenvalue weighted by molar-refractivity contribution is 7.19. The standard InChI is InChI=1S/C16H16N4O2S.ClH/c1-10(21)15-20-13-14(18-9-19-16(13)23-15)17-8-7-12(22)11-5-3-2-4-6-11;/h2-6,9,12,22H,7-8H2,1H3,(H,17,18,19);1H. The minimum Gasteiger partial charge on any atom is -0.388 e. The molecule has 0 amide bonds. The summed E-state index contributed by atoms with van der Waals surface area (Å²) < 4.78 is 0. The predicted octanol–water partition coefficient (Wildman–Crippen LogP) is 3.25. The molecule has 0 bridgehead atoms. The highest BCUT2D eigenvalue weighted by Gasteiger charge is 2.13. The molecule has 0 spiro atoms. The average Bonchev–Trinajstić information content (AvgIpc) is 3.01. The van der Waals surface area contributed by atoms with Crippen LogP contribution in [0.5, 0.6) is 0 Å². The first-order valence-electron chi connectivity index (χ1n) is 7.24. The van der Waals surface area contributed by atoms with Crippen molar-refractivity contribution in [3.05, 3.63) is 47.2 Å². The van der Waals surface area contributed by atoms with Crippen molar-refractivity contribution in [3.63, 3.8) is 0 Å². The number of nitrogens with zero attached hydrogens (tertiary/aromatic N) is 3. The Labute approximate surface area is 149 Å². The molecule has 1 unspecified atom stereocenters. The molecule has 2 N–H and O–H groups in total. The van der Waals surface area contributed by atoms with E-state index in [0.29, 0.717) is 34.1 Å². The number of halogens is 1. The summed E-state index contributed by atoms with van der Waals surface area (Å²) in [6.07, 6.45) is 1.45. The van der Waals surface area contributed by atoms with E-state index in [-0.39, 0.29) is 18.2 Å². The molecule has 6 nitrogen and oxygen atoms in total. The first-order chi connectivity index (χ1) is 11.1. The normalized spacial score (nSPS) is 11.8. The molecule has 24 heavy (non-hydrogen) atoms. The molecule has 8 heteroatoms. The van der Waals surface area contributed by atoms with Gasteiger partial charge in [0.15, 0.2) is 16.6 Å². The molecule has 0 radical (unpaired) electrons. The molecule has 1 aromatic carbocycles. The number of carbonyl (C=O) groups is 1. The number of benzene rings is 1. The number of hydrogen-bond donors (Lipinski definition) is 2. The number of carbonyl (C=O) groups excluding carboxylic acids is 1. The predicted molar refractivity (Wildman–Crippen MR) is 97.0 cm³/mol. The van der Waals surface area contributed by atoms with Crippen molar-refractivity contribution in [1.82, 2.24) is 15.0 Å². The van der Waals surface area contributed by atoms with E-state index in [4.69, 9.17) is 0 Å². The summed E-state index contributed by atoms with van der Waals surface area (Å²) in [6.45, 7) is 2.02. The smallest absolute Gasteiger partial charge is 0.188 e. The fourth-order valence-electron chi connectivity index (χ4n) is 2.20. The monoisotopic (exact) mass is 364 g/mol. The van der Waals surface area contributed by atoms with Crippen LogP contribution in [0.15, 0.2) is 36.7 Å². The van der Waals surface area contributed by atoms with Gasteiger partial charge in [0.2, 0.25) is 0 Å². The van der Waals surface area contributed by atoms with E-state index in [1.165, 1.54) is 24.6 Å². The Morgan fingerprint density at radius 3 is 2.75 bits per heavy atom. The molecule has 2 aromatic heterocycles. The highest BCUT2D eigenvalue weighted by Crippen LogP contribution is 2.25. The van der Waals surface area contributed by atoms with Gasteiger partial charge in [-0.05, 0) is 12.0 Å². The Hall–Kier alpha value is -2.09. The second-order valence-electron chi connectivity index (χ2n) is 5.09. The Morgan fingerprint density at radius 2 is 2.04 bits per heavy atom. The fourth-order valence-corrected chi connectivity index (χ4v) is 3.01. The summed E-state index contributed by atoms with van der Waals surface area (Å²) >= 11 is 1.26. The van der Waals surface area contributed by atoms with Crippen molar-refractivity contribution < 1.29 is 9.90 Å². The maximum absolute atomic E-state index is 11.4. The van der Waals surface area contributed by atoms with E-state index in [2.05, 4.69) is 20.3 Å². The highest BCUT2D eigenvalue weighted by atomic mass is 35.5. The summed E-state index contributed by atoms with van der Waals surface area (Å²) in [4.78, 5) is 24.7. The molecule has 0 aliphatic rings. The van der Waals surface area contributed by atoms with E-state index >= 15 is 0 Å². The van der Waals surface area contributed by atoms with Crippen LogP contribution in [0, 0.1) is 0 Å². The Bertz CT molecular complexity index is 825. The van der Waals surface area contributed by atoms with Crippen LogP contribution in [0.3, 0.4) is 0 Å². The largest absolute Gasteiger partial charge is 0.388 e. The lowest BCUT2D eigenvalue weighted by molar-refractivity contribution is 0.101. The van der Waals surface area contributed by atoms with Gasteiger partial charge in [0.25, 0.3) is 0 Å². The van der Waals surface area contributed by atoms with Gasteiger partial charge in [-0.1, -0.05) is 41.7 Å². The number of aromatic nitrogens is 3. The number of fused-ring (bicyclic) bond motifs is 1. The second kappa shape index (κ2) is 8.14. The lowest BCUT2D eigenvalue weighted by atomic mass is 10.1. The van der Waals surface area contributed by atoms with E-state index in [1.54, 1.807) is 0 Å². The van der Waals surface area contributed by atoms with Crippen molar-refractivity contribution in [1.29, 1.82) is 0 Å². The summed E-state index contributed by atoms with van der Waals surface area (Å²) in [5.41, 5.74) is 1.48. The number of aliphatic hydroxyl groups excluding tert-OH is 1. The van der Waals surface area contributed by atoms with Gasteiger partial charge in [0.05, 0.1) is 6.10 Å². The van der Waals surface area contributed by atoms with Crippen molar-refractivity contribution in [2.45, 2.75) is 19.4 Å². The average molecular weight is 365 g/mol. The zero-order valence-electron chi connectivity index (χ0n) is 13.0. The van der Waals surface area contributed by atoms with E-state index in [9.17, 15) is 9.90 Å². The molecule has 0 saturated carbocycles. The van der Waals surface area contributed by atoms with Gasteiger partial charge in [0, 0.05) is 13.5 Å².